The molecule has 0 bridgehead atoms. The fourth-order valence-electron chi connectivity index (χ4n) is 4.21. The van der Waals surface area contributed by atoms with Crippen LogP contribution in [0.25, 0.3) is 0 Å². The highest BCUT2D eigenvalue weighted by Crippen LogP contribution is 2.33. The van der Waals surface area contributed by atoms with E-state index in [-0.39, 0.29) is 42.6 Å². The van der Waals surface area contributed by atoms with Gasteiger partial charge in [-0.3, -0.25) is 19.8 Å². The van der Waals surface area contributed by atoms with Crippen molar-refractivity contribution in [1.29, 1.82) is 0 Å². The Morgan fingerprint density at radius 3 is 2.17 bits per heavy atom. The van der Waals surface area contributed by atoms with E-state index in [4.69, 9.17) is 9.47 Å². The molecule has 2 aliphatic rings. The number of rotatable bonds is 5. The number of hydrogen-bond donors (Lipinski definition) is 1. The van der Waals surface area contributed by atoms with Gasteiger partial charge in [0.2, 0.25) is 5.91 Å². The van der Waals surface area contributed by atoms with Gasteiger partial charge in [0, 0.05) is 37.9 Å². The molecule has 2 saturated heterocycles. The molecule has 0 aliphatic carbocycles. The fourth-order valence-corrected chi connectivity index (χ4v) is 4.21. The lowest BCUT2D eigenvalue weighted by Crippen LogP contribution is -2.48. The zero-order chi connectivity index (χ0) is 21.1. The summed E-state index contributed by atoms with van der Waals surface area (Å²) in [7, 11) is 0. The van der Waals surface area contributed by atoms with Gasteiger partial charge in [-0.05, 0) is 39.8 Å². The number of carbonyl (C=O) groups excluding carboxylic acids is 1. The van der Waals surface area contributed by atoms with E-state index < -0.39 is 4.92 Å². The van der Waals surface area contributed by atoms with Crippen LogP contribution >= 0.6 is 0 Å². The second kappa shape index (κ2) is 9.06. The maximum Gasteiger partial charge on any atom is 0.294 e. The van der Waals surface area contributed by atoms with Crippen LogP contribution in [-0.2, 0) is 14.3 Å². The van der Waals surface area contributed by atoms with Crippen molar-refractivity contribution in [2.24, 2.45) is 0 Å². The van der Waals surface area contributed by atoms with Gasteiger partial charge in [-0.1, -0.05) is 0 Å². The van der Waals surface area contributed by atoms with Gasteiger partial charge in [-0.15, -0.1) is 0 Å². The minimum atomic E-state index is -0.402. The summed E-state index contributed by atoms with van der Waals surface area (Å²) in [6.07, 6.45) is 0.141. The number of hydrogen-bond acceptors (Lipinski definition) is 7. The lowest BCUT2D eigenvalue weighted by atomic mass is 10.1. The van der Waals surface area contributed by atoms with E-state index in [1.807, 2.05) is 37.5 Å². The summed E-state index contributed by atoms with van der Waals surface area (Å²) in [6.45, 7) is 10.6. The zero-order valence-corrected chi connectivity index (χ0v) is 17.5. The predicted octanol–water partition coefficient (Wildman–Crippen LogP) is 2.26. The molecule has 1 aromatic rings. The SMILES string of the molecule is C[C@@H]1CN(CC(=O)Nc2ccc(N3C[C@H](C)O[C@@H](C)C3)c([N+](=O)[O-])c2)C[C@H](C)O1. The van der Waals surface area contributed by atoms with Crippen LogP contribution < -0.4 is 10.2 Å². The standard InChI is InChI=1S/C20H30N4O5/c1-13-8-22(9-14(2)28-13)12-20(25)21-17-5-6-18(19(7-17)24(26)27)23-10-15(3)29-16(4)11-23/h5-7,13-16H,8-12H2,1-4H3,(H,21,25)/t13-,14+,15-,16-/m0/s1. The van der Waals surface area contributed by atoms with E-state index >= 15 is 0 Å². The van der Waals surface area contributed by atoms with Gasteiger partial charge in [0.25, 0.3) is 5.69 Å². The average molecular weight is 406 g/mol. The second-order valence-corrected chi connectivity index (χ2v) is 8.12. The van der Waals surface area contributed by atoms with Crippen molar-refractivity contribution in [2.45, 2.75) is 52.1 Å². The number of nitrogens with zero attached hydrogens (tertiary/aromatic N) is 3. The van der Waals surface area contributed by atoms with E-state index in [2.05, 4.69) is 5.32 Å². The number of benzene rings is 1. The molecule has 2 aliphatic heterocycles. The van der Waals surface area contributed by atoms with Crippen molar-refractivity contribution < 1.29 is 19.2 Å². The Labute approximate surface area is 171 Å². The van der Waals surface area contributed by atoms with Gasteiger partial charge in [0.15, 0.2) is 0 Å². The molecule has 1 amide bonds. The number of nitrogens with one attached hydrogen (secondary N) is 1. The van der Waals surface area contributed by atoms with Crippen molar-refractivity contribution >= 4 is 23.0 Å². The number of nitro groups is 1. The third kappa shape index (κ3) is 5.65. The van der Waals surface area contributed by atoms with E-state index in [0.717, 1.165) is 0 Å². The summed E-state index contributed by atoms with van der Waals surface area (Å²) in [5, 5.41) is 14.5. The molecule has 0 radical (unpaired) electrons. The minimum absolute atomic E-state index is 0.00367. The van der Waals surface area contributed by atoms with Crippen molar-refractivity contribution in [2.75, 3.05) is 42.9 Å². The number of morpholine rings is 2. The summed E-state index contributed by atoms with van der Waals surface area (Å²) >= 11 is 0. The molecule has 1 aromatic carbocycles. The molecule has 9 heteroatoms. The minimum Gasteiger partial charge on any atom is -0.373 e. The summed E-state index contributed by atoms with van der Waals surface area (Å²) in [5.74, 6) is -0.193. The Bertz CT molecular complexity index is 738. The van der Waals surface area contributed by atoms with Gasteiger partial charge in [-0.2, -0.15) is 0 Å². The zero-order valence-electron chi connectivity index (χ0n) is 17.5. The lowest BCUT2D eigenvalue weighted by molar-refractivity contribution is -0.384. The van der Waals surface area contributed by atoms with E-state index in [1.165, 1.54) is 6.07 Å². The van der Waals surface area contributed by atoms with Crippen LogP contribution in [0, 0.1) is 10.1 Å². The predicted molar refractivity (Wildman–Crippen MR) is 110 cm³/mol. The summed E-state index contributed by atoms with van der Waals surface area (Å²) in [5.41, 5.74) is 0.956. The molecule has 2 heterocycles. The van der Waals surface area contributed by atoms with Crippen LogP contribution in [0.15, 0.2) is 18.2 Å². The topological polar surface area (TPSA) is 97.2 Å². The molecule has 0 unspecified atom stereocenters. The maximum atomic E-state index is 12.5. The molecule has 0 spiro atoms. The molecule has 0 aromatic heterocycles. The number of ether oxygens (including phenoxy) is 2. The van der Waals surface area contributed by atoms with Crippen molar-refractivity contribution in [3.05, 3.63) is 28.3 Å². The summed E-state index contributed by atoms with van der Waals surface area (Å²) < 4.78 is 11.4. The molecule has 1 N–H and O–H groups in total. The van der Waals surface area contributed by atoms with Gasteiger partial charge in [0.05, 0.1) is 35.9 Å². The third-order valence-electron chi connectivity index (χ3n) is 5.08. The van der Waals surface area contributed by atoms with Crippen molar-refractivity contribution in [3.63, 3.8) is 0 Å². The Balaban J connectivity index is 1.69. The monoisotopic (exact) mass is 406 g/mol. The molecule has 4 atom stereocenters. The number of carbonyl (C=O) groups is 1. The first kappa shape index (κ1) is 21.5. The fraction of sp³-hybridized carbons (Fsp3) is 0.650. The highest BCUT2D eigenvalue weighted by Gasteiger charge is 2.28. The normalized spacial score (nSPS) is 28.2. The molecule has 3 rings (SSSR count). The molecular weight excluding hydrogens is 376 g/mol. The molecule has 9 nitrogen and oxygen atoms in total. The van der Waals surface area contributed by atoms with E-state index in [1.54, 1.807) is 12.1 Å². The van der Waals surface area contributed by atoms with Crippen LogP contribution in [0.2, 0.25) is 0 Å². The summed E-state index contributed by atoms with van der Waals surface area (Å²) in [4.78, 5) is 27.7. The van der Waals surface area contributed by atoms with E-state index in [0.29, 0.717) is 37.6 Å². The molecule has 0 saturated carbocycles. The molecular formula is C20H30N4O5. The third-order valence-corrected chi connectivity index (χ3v) is 5.08. The smallest absolute Gasteiger partial charge is 0.294 e. The quantitative estimate of drug-likeness (QED) is 0.592. The van der Waals surface area contributed by atoms with Crippen LogP contribution in [0.5, 0.6) is 0 Å². The summed E-state index contributed by atoms with van der Waals surface area (Å²) in [6, 6.07) is 4.86. The lowest BCUT2D eigenvalue weighted by Gasteiger charge is -2.36. The average Bonchev–Trinajstić information content (AvgIpc) is 2.59. The number of nitro benzene ring substituents is 1. The molecule has 29 heavy (non-hydrogen) atoms. The van der Waals surface area contributed by atoms with E-state index in [9.17, 15) is 14.9 Å². The van der Waals surface area contributed by atoms with Crippen LogP contribution in [0.3, 0.4) is 0 Å². The van der Waals surface area contributed by atoms with Gasteiger partial charge in [-0.25, -0.2) is 0 Å². The Hall–Kier alpha value is -2.23. The van der Waals surface area contributed by atoms with Crippen LogP contribution in [0.1, 0.15) is 27.7 Å². The largest absolute Gasteiger partial charge is 0.373 e. The first-order valence-electron chi connectivity index (χ1n) is 10.1. The Morgan fingerprint density at radius 1 is 1.07 bits per heavy atom. The van der Waals surface area contributed by atoms with Crippen LogP contribution in [0.4, 0.5) is 17.1 Å². The van der Waals surface area contributed by atoms with Crippen molar-refractivity contribution in [1.82, 2.24) is 4.90 Å². The Kier molecular flexibility index (Phi) is 6.71. The van der Waals surface area contributed by atoms with Crippen molar-refractivity contribution in [3.8, 4) is 0 Å². The second-order valence-electron chi connectivity index (χ2n) is 8.12. The van der Waals surface area contributed by atoms with Crippen LogP contribution in [-0.4, -0.2) is 72.9 Å². The van der Waals surface area contributed by atoms with Gasteiger partial charge >= 0.3 is 0 Å². The highest BCUT2D eigenvalue weighted by atomic mass is 16.6. The molecule has 160 valence electrons. The maximum absolute atomic E-state index is 12.5. The first-order valence-corrected chi connectivity index (χ1v) is 10.1. The first-order chi connectivity index (χ1) is 13.7. The van der Waals surface area contributed by atoms with Gasteiger partial charge < -0.3 is 19.7 Å². The number of amides is 1. The molecule has 2 fully saturated rings. The highest BCUT2D eigenvalue weighted by molar-refractivity contribution is 5.93. The Morgan fingerprint density at radius 2 is 1.62 bits per heavy atom. The van der Waals surface area contributed by atoms with Gasteiger partial charge in [0.1, 0.15) is 5.69 Å². The number of anilines is 2.